The van der Waals surface area contributed by atoms with Gasteiger partial charge in [-0.05, 0) is 30.5 Å². The molecule has 24 heavy (non-hydrogen) atoms. The van der Waals surface area contributed by atoms with E-state index in [0.29, 0.717) is 0 Å². The smallest absolute Gasteiger partial charge is 0.223 e. The number of rotatable bonds is 7. The van der Waals surface area contributed by atoms with Gasteiger partial charge in [-0.3, -0.25) is 4.79 Å². The van der Waals surface area contributed by atoms with E-state index < -0.39 is 8.07 Å². The summed E-state index contributed by atoms with van der Waals surface area (Å²) in [6, 6.07) is 21.6. The first-order valence-corrected chi connectivity index (χ1v) is 12.4. The van der Waals surface area contributed by atoms with E-state index in [1.807, 2.05) is 36.4 Å². The SMILES string of the molecule is C[C@@H](NC(=O)[C@H](Cc1ccccc1)C[Si](C)(C)C)c1ccccc1. The summed E-state index contributed by atoms with van der Waals surface area (Å²) in [6.45, 7) is 9.05. The zero-order chi connectivity index (χ0) is 17.6. The molecule has 2 aromatic rings. The molecule has 0 fully saturated rings. The van der Waals surface area contributed by atoms with E-state index in [1.165, 1.54) is 5.56 Å². The molecule has 2 atom stereocenters. The van der Waals surface area contributed by atoms with Gasteiger partial charge < -0.3 is 5.32 Å². The summed E-state index contributed by atoms with van der Waals surface area (Å²) in [7, 11) is -1.33. The van der Waals surface area contributed by atoms with Crippen LogP contribution in [0.25, 0.3) is 0 Å². The molecule has 0 saturated heterocycles. The molecule has 0 aliphatic rings. The molecule has 0 aliphatic heterocycles. The molecule has 2 nitrogen and oxygen atoms in total. The minimum Gasteiger partial charge on any atom is -0.349 e. The predicted molar refractivity (Wildman–Crippen MR) is 105 cm³/mol. The van der Waals surface area contributed by atoms with Crippen molar-refractivity contribution in [1.82, 2.24) is 5.32 Å². The summed E-state index contributed by atoms with van der Waals surface area (Å²) in [4.78, 5) is 12.9. The maximum absolute atomic E-state index is 12.9. The molecule has 128 valence electrons. The van der Waals surface area contributed by atoms with Gasteiger partial charge in [0.1, 0.15) is 0 Å². The van der Waals surface area contributed by atoms with Crippen molar-refractivity contribution in [1.29, 1.82) is 0 Å². The molecule has 2 rings (SSSR count). The van der Waals surface area contributed by atoms with Gasteiger partial charge in [-0.25, -0.2) is 0 Å². The second-order valence-electron chi connectivity index (χ2n) is 7.79. The topological polar surface area (TPSA) is 29.1 Å². The molecule has 0 radical (unpaired) electrons. The Kier molecular flexibility index (Phi) is 6.38. The number of benzene rings is 2. The monoisotopic (exact) mass is 339 g/mol. The highest BCUT2D eigenvalue weighted by atomic mass is 28.3. The first-order chi connectivity index (χ1) is 11.3. The van der Waals surface area contributed by atoms with Crippen LogP contribution in [0.1, 0.15) is 24.1 Å². The lowest BCUT2D eigenvalue weighted by atomic mass is 9.99. The molecule has 0 unspecified atom stereocenters. The molecule has 0 aliphatic carbocycles. The van der Waals surface area contributed by atoms with Crippen LogP contribution in [0.15, 0.2) is 60.7 Å². The molecule has 0 spiro atoms. The molecule has 0 bridgehead atoms. The van der Waals surface area contributed by atoms with Crippen LogP contribution in [0, 0.1) is 5.92 Å². The van der Waals surface area contributed by atoms with E-state index in [9.17, 15) is 4.79 Å². The van der Waals surface area contributed by atoms with E-state index in [2.05, 4.69) is 56.1 Å². The Balaban J connectivity index is 2.09. The number of hydrogen-bond donors (Lipinski definition) is 1. The number of hydrogen-bond acceptors (Lipinski definition) is 1. The Labute approximate surface area is 147 Å². The highest BCUT2D eigenvalue weighted by Crippen LogP contribution is 2.23. The lowest BCUT2D eigenvalue weighted by Gasteiger charge is -2.26. The van der Waals surface area contributed by atoms with Gasteiger partial charge in [0, 0.05) is 14.0 Å². The van der Waals surface area contributed by atoms with Crippen LogP contribution in [-0.2, 0) is 11.2 Å². The Bertz CT molecular complexity index is 634. The Morgan fingerprint density at radius 3 is 2.04 bits per heavy atom. The summed E-state index contributed by atoms with van der Waals surface area (Å²) in [6.07, 6.45) is 0.818. The van der Waals surface area contributed by atoms with Crippen molar-refractivity contribution in [2.24, 2.45) is 5.92 Å². The zero-order valence-corrected chi connectivity index (χ0v) is 16.3. The standard InChI is InChI=1S/C21H29NOSi/c1-17(19-13-9-6-10-14-19)22-21(23)20(16-24(2,3)4)15-18-11-7-5-8-12-18/h5-14,17,20H,15-16H2,1-4H3,(H,22,23)/t17-,20-/m1/s1. The fourth-order valence-electron chi connectivity index (χ4n) is 3.05. The fraction of sp³-hybridized carbons (Fsp3) is 0.381. The first-order valence-electron chi connectivity index (χ1n) is 8.74. The van der Waals surface area contributed by atoms with Crippen molar-refractivity contribution in [2.75, 3.05) is 0 Å². The van der Waals surface area contributed by atoms with Crippen molar-refractivity contribution in [3.8, 4) is 0 Å². The minimum atomic E-state index is -1.33. The molecule has 0 saturated carbocycles. The van der Waals surface area contributed by atoms with Gasteiger partial charge in [-0.1, -0.05) is 80.3 Å². The quantitative estimate of drug-likeness (QED) is 0.702. The summed E-state index contributed by atoms with van der Waals surface area (Å²) in [5.41, 5.74) is 2.39. The Morgan fingerprint density at radius 1 is 0.958 bits per heavy atom. The number of carbonyl (C=O) groups is 1. The molecule has 0 aromatic heterocycles. The van der Waals surface area contributed by atoms with Gasteiger partial charge in [-0.2, -0.15) is 0 Å². The van der Waals surface area contributed by atoms with E-state index in [0.717, 1.165) is 18.0 Å². The molecule has 1 N–H and O–H groups in total. The average molecular weight is 340 g/mol. The Morgan fingerprint density at radius 2 is 1.50 bits per heavy atom. The number of nitrogens with one attached hydrogen (secondary N) is 1. The van der Waals surface area contributed by atoms with Crippen LogP contribution in [0.3, 0.4) is 0 Å². The maximum atomic E-state index is 12.9. The van der Waals surface area contributed by atoms with Gasteiger partial charge in [0.2, 0.25) is 5.91 Å². The Hall–Kier alpha value is -1.87. The van der Waals surface area contributed by atoms with Crippen molar-refractivity contribution >= 4 is 14.0 Å². The third-order valence-corrected chi connectivity index (χ3v) is 5.93. The number of amides is 1. The zero-order valence-electron chi connectivity index (χ0n) is 15.3. The largest absolute Gasteiger partial charge is 0.349 e. The second-order valence-corrected chi connectivity index (χ2v) is 13.3. The van der Waals surface area contributed by atoms with Gasteiger partial charge >= 0.3 is 0 Å². The summed E-state index contributed by atoms with van der Waals surface area (Å²) in [5.74, 6) is 0.225. The summed E-state index contributed by atoms with van der Waals surface area (Å²) >= 11 is 0. The highest BCUT2D eigenvalue weighted by molar-refractivity contribution is 6.76. The second kappa shape index (κ2) is 8.29. The van der Waals surface area contributed by atoms with Gasteiger partial charge in [0.05, 0.1) is 6.04 Å². The molecule has 0 heterocycles. The van der Waals surface area contributed by atoms with Crippen molar-refractivity contribution < 1.29 is 4.79 Å². The summed E-state index contributed by atoms with van der Waals surface area (Å²) < 4.78 is 0. The van der Waals surface area contributed by atoms with Crippen LogP contribution in [0.4, 0.5) is 0 Å². The van der Waals surface area contributed by atoms with E-state index in [4.69, 9.17) is 0 Å². The third-order valence-electron chi connectivity index (χ3n) is 4.21. The van der Waals surface area contributed by atoms with Crippen LogP contribution in [0.2, 0.25) is 25.7 Å². The lowest BCUT2D eigenvalue weighted by Crippen LogP contribution is -2.38. The first kappa shape index (κ1) is 18.5. The van der Waals surface area contributed by atoms with Crippen molar-refractivity contribution in [3.63, 3.8) is 0 Å². The molecule has 3 heteroatoms. The molecule has 2 aromatic carbocycles. The van der Waals surface area contributed by atoms with E-state index >= 15 is 0 Å². The normalized spacial score (nSPS) is 14.0. The van der Waals surface area contributed by atoms with Gasteiger partial charge in [0.15, 0.2) is 0 Å². The average Bonchev–Trinajstić information content (AvgIpc) is 2.54. The fourth-order valence-corrected chi connectivity index (χ4v) is 4.86. The molecular formula is C21H29NOSi. The van der Waals surface area contributed by atoms with E-state index in [1.54, 1.807) is 0 Å². The van der Waals surface area contributed by atoms with Crippen LogP contribution >= 0.6 is 0 Å². The van der Waals surface area contributed by atoms with Crippen molar-refractivity contribution in [3.05, 3.63) is 71.8 Å². The predicted octanol–water partition coefficient (Wildman–Crippen LogP) is 5.06. The van der Waals surface area contributed by atoms with Crippen LogP contribution in [-0.4, -0.2) is 14.0 Å². The van der Waals surface area contributed by atoms with Gasteiger partial charge in [0.25, 0.3) is 0 Å². The minimum absolute atomic E-state index is 0.0404. The maximum Gasteiger partial charge on any atom is 0.223 e. The summed E-state index contributed by atoms with van der Waals surface area (Å²) in [5, 5.41) is 3.22. The lowest BCUT2D eigenvalue weighted by molar-refractivity contribution is -0.125. The van der Waals surface area contributed by atoms with Crippen molar-refractivity contribution in [2.45, 2.75) is 45.1 Å². The molecular weight excluding hydrogens is 310 g/mol. The number of carbonyl (C=O) groups excluding carboxylic acids is 1. The highest BCUT2D eigenvalue weighted by Gasteiger charge is 2.27. The van der Waals surface area contributed by atoms with E-state index in [-0.39, 0.29) is 17.9 Å². The van der Waals surface area contributed by atoms with Gasteiger partial charge in [-0.15, -0.1) is 0 Å². The van der Waals surface area contributed by atoms with Crippen LogP contribution < -0.4 is 5.32 Å². The van der Waals surface area contributed by atoms with Crippen LogP contribution in [0.5, 0.6) is 0 Å². The third kappa shape index (κ3) is 5.97. The molecule has 1 amide bonds.